The van der Waals surface area contributed by atoms with Crippen LogP contribution in [0.5, 0.6) is 5.75 Å². The monoisotopic (exact) mass is 559 g/mol. The number of para-hydroxylation sites is 1. The summed E-state index contributed by atoms with van der Waals surface area (Å²) in [6.07, 6.45) is 5.56. The van der Waals surface area contributed by atoms with Crippen LogP contribution in [0.1, 0.15) is 42.5 Å². The molecule has 0 unspecified atom stereocenters. The number of fused-ring (bicyclic) bond motifs is 5. The molecule has 42 heavy (non-hydrogen) atoms. The van der Waals surface area contributed by atoms with Crippen molar-refractivity contribution in [2.75, 3.05) is 13.7 Å². The van der Waals surface area contributed by atoms with Crippen LogP contribution in [0.25, 0.3) is 44.6 Å². The van der Waals surface area contributed by atoms with E-state index >= 15 is 0 Å². The van der Waals surface area contributed by atoms with Crippen LogP contribution in [-0.4, -0.2) is 50.7 Å². The van der Waals surface area contributed by atoms with Crippen molar-refractivity contribution in [1.29, 1.82) is 0 Å². The minimum absolute atomic E-state index is 0.0550. The summed E-state index contributed by atoms with van der Waals surface area (Å²) >= 11 is 0. The summed E-state index contributed by atoms with van der Waals surface area (Å²) in [5, 5.41) is 1.21. The third-order valence-corrected chi connectivity index (χ3v) is 9.93. The van der Waals surface area contributed by atoms with Gasteiger partial charge in [-0.1, -0.05) is 48.5 Å². The molecule has 2 saturated heterocycles. The van der Waals surface area contributed by atoms with Crippen LogP contribution in [-0.2, 0) is 13.6 Å². The Morgan fingerprint density at radius 3 is 2.55 bits per heavy atom. The first-order valence-electron chi connectivity index (χ1n) is 15.3. The van der Waals surface area contributed by atoms with Crippen molar-refractivity contribution >= 4 is 27.8 Å². The maximum atomic E-state index is 13.8. The number of hydrogen-bond donors (Lipinski definition) is 1. The zero-order chi connectivity index (χ0) is 28.5. The van der Waals surface area contributed by atoms with Gasteiger partial charge in [0.25, 0.3) is 5.91 Å². The third-order valence-electron chi connectivity index (χ3n) is 9.93. The van der Waals surface area contributed by atoms with Gasteiger partial charge >= 0.3 is 0 Å². The van der Waals surface area contributed by atoms with E-state index < -0.39 is 0 Å². The lowest BCUT2D eigenvalue weighted by molar-refractivity contribution is 0.0261. The summed E-state index contributed by atoms with van der Waals surface area (Å²) in [4.78, 5) is 21.1. The largest absolute Gasteiger partial charge is 0.494 e. The summed E-state index contributed by atoms with van der Waals surface area (Å²) < 4.78 is 10.5. The van der Waals surface area contributed by atoms with E-state index in [2.05, 4.69) is 70.8 Å². The standard InChI is InChI=1S/C35H37N5O2/c1-38-33-29(15-25(17-31(33)42-2)35(41)39-20-24-13-14-26(39)18-28(24)36)37-34(38)30-16-23-9-6-10-27(22-7-4-3-5-8-22)32(23)40(30)19-21-11-12-21/h3-10,15-17,21,24,26,28H,11-14,18-20,36H2,1-2H3/t24-,26-,28+/m1/s1. The molecule has 5 aromatic rings. The molecule has 3 atom stereocenters. The van der Waals surface area contributed by atoms with Gasteiger partial charge in [0.05, 0.1) is 23.8 Å². The lowest BCUT2D eigenvalue weighted by Crippen LogP contribution is -2.58. The van der Waals surface area contributed by atoms with Gasteiger partial charge in [-0.05, 0) is 67.7 Å². The van der Waals surface area contributed by atoms with Crippen molar-refractivity contribution < 1.29 is 9.53 Å². The Balaban J connectivity index is 1.26. The Hall–Kier alpha value is -4.10. The second-order valence-corrected chi connectivity index (χ2v) is 12.6. The van der Waals surface area contributed by atoms with Crippen LogP contribution in [0.3, 0.4) is 0 Å². The molecule has 2 saturated carbocycles. The van der Waals surface area contributed by atoms with Gasteiger partial charge in [-0.3, -0.25) is 4.79 Å². The number of nitrogens with zero attached hydrogens (tertiary/aromatic N) is 4. The Morgan fingerprint density at radius 2 is 1.83 bits per heavy atom. The van der Waals surface area contributed by atoms with Crippen molar-refractivity contribution in [3.8, 4) is 28.4 Å². The van der Waals surface area contributed by atoms with Crippen LogP contribution in [0.2, 0.25) is 0 Å². The van der Waals surface area contributed by atoms with E-state index in [1.165, 1.54) is 34.9 Å². The molecule has 4 fully saturated rings. The van der Waals surface area contributed by atoms with E-state index in [-0.39, 0.29) is 18.0 Å². The minimum Gasteiger partial charge on any atom is -0.494 e. The molecule has 9 rings (SSSR count). The van der Waals surface area contributed by atoms with Gasteiger partial charge < -0.3 is 24.5 Å². The van der Waals surface area contributed by atoms with E-state index in [0.29, 0.717) is 23.1 Å². The van der Waals surface area contributed by atoms with Gasteiger partial charge in [0.15, 0.2) is 5.82 Å². The second kappa shape index (κ2) is 9.73. The highest BCUT2D eigenvalue weighted by Crippen LogP contribution is 2.41. The Labute approximate surface area is 245 Å². The fraction of sp³-hybridized carbons (Fsp3) is 0.371. The van der Waals surface area contributed by atoms with Crippen molar-refractivity contribution in [2.45, 2.75) is 50.7 Å². The van der Waals surface area contributed by atoms with Crippen molar-refractivity contribution in [3.05, 3.63) is 72.3 Å². The molecular formula is C35H37N5O2. The molecule has 2 aromatic heterocycles. The summed E-state index contributed by atoms with van der Waals surface area (Å²) in [5.41, 5.74) is 13.5. The van der Waals surface area contributed by atoms with Gasteiger partial charge in [-0.25, -0.2) is 4.98 Å². The molecule has 2 N–H and O–H groups in total. The van der Waals surface area contributed by atoms with Crippen LogP contribution in [0.15, 0.2) is 66.7 Å². The zero-order valence-corrected chi connectivity index (χ0v) is 24.3. The average molecular weight is 560 g/mol. The van der Waals surface area contributed by atoms with Crippen molar-refractivity contribution in [2.24, 2.45) is 24.6 Å². The van der Waals surface area contributed by atoms with Gasteiger partial charge in [-0.15, -0.1) is 0 Å². The van der Waals surface area contributed by atoms with E-state index in [1.807, 2.05) is 17.0 Å². The summed E-state index contributed by atoms with van der Waals surface area (Å²) in [6, 6.07) is 23.7. The van der Waals surface area contributed by atoms with E-state index in [0.717, 1.165) is 54.9 Å². The van der Waals surface area contributed by atoms with Crippen LogP contribution < -0.4 is 10.5 Å². The summed E-state index contributed by atoms with van der Waals surface area (Å²) in [7, 11) is 3.73. The topological polar surface area (TPSA) is 78.3 Å². The van der Waals surface area contributed by atoms with Gasteiger partial charge in [-0.2, -0.15) is 0 Å². The smallest absolute Gasteiger partial charge is 0.254 e. The van der Waals surface area contributed by atoms with E-state index in [1.54, 1.807) is 7.11 Å². The molecule has 1 amide bonds. The molecule has 0 spiro atoms. The van der Waals surface area contributed by atoms with Crippen LogP contribution in [0.4, 0.5) is 0 Å². The number of aromatic nitrogens is 3. The Morgan fingerprint density at radius 1 is 1.00 bits per heavy atom. The molecule has 7 nitrogen and oxygen atoms in total. The zero-order valence-electron chi connectivity index (χ0n) is 24.3. The van der Waals surface area contributed by atoms with Crippen molar-refractivity contribution in [1.82, 2.24) is 19.0 Å². The first-order chi connectivity index (χ1) is 20.5. The molecule has 0 radical (unpaired) electrons. The molecule has 2 aliphatic heterocycles. The number of carbonyl (C=O) groups excluding carboxylic acids is 1. The normalized spacial score (nSPS) is 21.9. The summed E-state index contributed by atoms with van der Waals surface area (Å²) in [6.45, 7) is 1.70. The fourth-order valence-electron chi connectivity index (χ4n) is 7.50. The highest BCUT2D eigenvalue weighted by atomic mass is 16.5. The Bertz CT molecular complexity index is 1830. The maximum Gasteiger partial charge on any atom is 0.254 e. The fourth-order valence-corrected chi connectivity index (χ4v) is 7.50. The predicted octanol–water partition coefficient (Wildman–Crippen LogP) is 6.23. The number of hydrogen-bond acceptors (Lipinski definition) is 4. The number of nitrogens with two attached hydrogens (primary N) is 1. The number of rotatable bonds is 6. The number of methoxy groups -OCH3 is 1. The highest BCUT2D eigenvalue weighted by molar-refractivity contribution is 6.01. The van der Waals surface area contributed by atoms with Gasteiger partial charge in [0.2, 0.25) is 0 Å². The average Bonchev–Trinajstić information content (AvgIpc) is 3.69. The van der Waals surface area contributed by atoms with E-state index in [9.17, 15) is 4.79 Å². The number of aryl methyl sites for hydroxylation is 1. The van der Waals surface area contributed by atoms with Gasteiger partial charge in [0, 0.05) is 48.7 Å². The molecular weight excluding hydrogens is 522 g/mol. The molecule has 2 bridgehead atoms. The number of carbonyl (C=O) groups is 1. The van der Waals surface area contributed by atoms with Crippen molar-refractivity contribution in [3.63, 3.8) is 0 Å². The first-order valence-corrected chi connectivity index (χ1v) is 15.3. The molecule has 4 aliphatic rings. The van der Waals surface area contributed by atoms with E-state index in [4.69, 9.17) is 15.5 Å². The van der Waals surface area contributed by atoms with Crippen LogP contribution >= 0.6 is 0 Å². The number of piperidine rings is 2. The molecule has 4 heterocycles. The maximum absolute atomic E-state index is 13.8. The number of ether oxygens (including phenoxy) is 1. The molecule has 3 aromatic carbocycles. The quantitative estimate of drug-likeness (QED) is 0.267. The highest BCUT2D eigenvalue weighted by Gasteiger charge is 2.41. The number of amides is 1. The first kappa shape index (κ1) is 25.6. The third kappa shape index (κ3) is 4.05. The number of imidazole rings is 1. The lowest BCUT2D eigenvalue weighted by Gasteiger charge is -2.48. The number of benzene rings is 3. The Kier molecular flexibility index (Phi) is 5.93. The predicted molar refractivity (Wildman–Crippen MR) is 166 cm³/mol. The SMILES string of the molecule is COc1cc(C(=O)N2C[C@H]3CC[C@@H]2C[C@@H]3N)cc2nc(-c3cc4cccc(-c5ccccc5)c4n3CC3CC3)n(C)c12. The molecule has 7 heteroatoms. The second-order valence-electron chi connectivity index (χ2n) is 12.6. The summed E-state index contributed by atoms with van der Waals surface area (Å²) in [5.74, 6) is 2.68. The lowest BCUT2D eigenvalue weighted by atomic mass is 9.76. The van der Waals surface area contributed by atoms with Gasteiger partial charge in [0.1, 0.15) is 11.3 Å². The molecule has 214 valence electrons. The molecule has 2 aliphatic carbocycles. The minimum atomic E-state index is 0.0550. The van der Waals surface area contributed by atoms with Crippen LogP contribution in [0, 0.1) is 11.8 Å².